The highest BCUT2D eigenvalue weighted by atomic mass is 35.5. The van der Waals surface area contributed by atoms with Gasteiger partial charge < -0.3 is 10.1 Å². The van der Waals surface area contributed by atoms with Gasteiger partial charge in [-0.1, -0.05) is 42.1 Å². The van der Waals surface area contributed by atoms with E-state index in [0.29, 0.717) is 21.3 Å². The summed E-state index contributed by atoms with van der Waals surface area (Å²) in [6.45, 7) is 1.73. The number of amides is 1. The molecule has 1 atom stereocenters. The minimum atomic E-state index is -0.424. The molecule has 1 saturated carbocycles. The Morgan fingerprint density at radius 2 is 1.85 bits per heavy atom. The molecule has 2 aliphatic rings. The molecular weight excluding hydrogens is 373 g/mol. The molecule has 0 spiro atoms. The lowest BCUT2D eigenvalue weighted by Crippen LogP contribution is -2.35. The molecule has 0 bridgehead atoms. The van der Waals surface area contributed by atoms with Gasteiger partial charge in [0.05, 0.1) is 5.57 Å². The van der Waals surface area contributed by atoms with E-state index in [1.807, 2.05) is 0 Å². The molecule has 140 valence electrons. The van der Waals surface area contributed by atoms with Crippen LogP contribution in [0.15, 0.2) is 29.5 Å². The fourth-order valence-corrected chi connectivity index (χ4v) is 4.34. The largest absolute Gasteiger partial charge is 0.459 e. The van der Waals surface area contributed by atoms with Crippen LogP contribution in [-0.4, -0.2) is 18.0 Å². The highest BCUT2D eigenvalue weighted by Gasteiger charge is 2.34. The summed E-state index contributed by atoms with van der Waals surface area (Å²) in [6, 6.07) is 5.13. The Kier molecular flexibility index (Phi) is 6.25. The molecule has 0 radical (unpaired) electrons. The average Bonchev–Trinajstić information content (AvgIpc) is 2.82. The van der Waals surface area contributed by atoms with Gasteiger partial charge in [0.25, 0.3) is 0 Å². The predicted molar refractivity (Wildman–Crippen MR) is 102 cm³/mol. The van der Waals surface area contributed by atoms with Crippen LogP contribution in [0, 0.1) is 0 Å². The lowest BCUT2D eigenvalue weighted by Gasteiger charge is -2.28. The maximum absolute atomic E-state index is 13.0. The fraction of sp³-hybridized carbons (Fsp3) is 0.500. The molecule has 1 amide bonds. The average molecular weight is 396 g/mol. The molecule has 0 aromatic heterocycles. The lowest BCUT2D eigenvalue weighted by atomic mass is 9.84. The number of allylic oxidation sites excluding steroid dienone is 1. The van der Waals surface area contributed by atoms with Gasteiger partial charge in [0.15, 0.2) is 0 Å². The topological polar surface area (TPSA) is 55.4 Å². The first-order chi connectivity index (χ1) is 12.5. The Hall–Kier alpha value is -1.52. The molecule has 3 rings (SSSR count). The van der Waals surface area contributed by atoms with Crippen molar-refractivity contribution < 1.29 is 14.3 Å². The summed E-state index contributed by atoms with van der Waals surface area (Å²) in [5.41, 5.74) is 1.74. The zero-order valence-electron chi connectivity index (χ0n) is 14.8. The third-order valence-corrected chi connectivity index (χ3v) is 5.67. The van der Waals surface area contributed by atoms with E-state index in [1.165, 1.54) is 12.8 Å². The van der Waals surface area contributed by atoms with Gasteiger partial charge >= 0.3 is 5.97 Å². The van der Waals surface area contributed by atoms with Crippen LogP contribution in [-0.2, 0) is 14.3 Å². The van der Waals surface area contributed by atoms with E-state index in [4.69, 9.17) is 27.9 Å². The van der Waals surface area contributed by atoms with Crippen molar-refractivity contribution in [3.05, 3.63) is 45.1 Å². The molecule has 6 heteroatoms. The SMILES string of the molecule is CC1=C(C(=O)OC2CCCCCC2)[C@@H](c2ccc(Cl)cc2Cl)CC(=O)N1. The van der Waals surface area contributed by atoms with Crippen molar-refractivity contribution in [1.29, 1.82) is 0 Å². The van der Waals surface area contributed by atoms with Crippen LogP contribution in [0.1, 0.15) is 63.4 Å². The molecule has 1 fully saturated rings. The molecule has 1 N–H and O–H groups in total. The van der Waals surface area contributed by atoms with Gasteiger partial charge in [0.2, 0.25) is 5.91 Å². The second-order valence-electron chi connectivity index (χ2n) is 7.03. The quantitative estimate of drug-likeness (QED) is 0.569. The minimum Gasteiger partial charge on any atom is -0.459 e. The monoisotopic (exact) mass is 395 g/mol. The number of benzene rings is 1. The van der Waals surface area contributed by atoms with Crippen molar-refractivity contribution in [3.63, 3.8) is 0 Å². The van der Waals surface area contributed by atoms with E-state index in [9.17, 15) is 9.59 Å². The normalized spacial score (nSPS) is 22.0. The highest BCUT2D eigenvalue weighted by Crippen LogP contribution is 2.38. The number of hydrogen-bond donors (Lipinski definition) is 1. The molecule has 1 aromatic carbocycles. The van der Waals surface area contributed by atoms with Crippen molar-refractivity contribution >= 4 is 35.1 Å². The van der Waals surface area contributed by atoms with E-state index < -0.39 is 5.92 Å². The van der Waals surface area contributed by atoms with Crippen LogP contribution in [0.3, 0.4) is 0 Å². The van der Waals surface area contributed by atoms with E-state index >= 15 is 0 Å². The van der Waals surface area contributed by atoms with Crippen molar-refractivity contribution in [3.8, 4) is 0 Å². The third-order valence-electron chi connectivity index (χ3n) is 5.10. The number of hydrogen-bond acceptors (Lipinski definition) is 3. The summed E-state index contributed by atoms with van der Waals surface area (Å²) in [5.74, 6) is -0.915. The molecule has 0 unspecified atom stereocenters. The first-order valence-corrected chi connectivity index (χ1v) is 9.88. The van der Waals surface area contributed by atoms with Crippen LogP contribution in [0.4, 0.5) is 0 Å². The van der Waals surface area contributed by atoms with Crippen LogP contribution in [0.25, 0.3) is 0 Å². The van der Waals surface area contributed by atoms with Gasteiger partial charge in [-0.2, -0.15) is 0 Å². The fourth-order valence-electron chi connectivity index (χ4n) is 3.80. The van der Waals surface area contributed by atoms with Gasteiger partial charge in [-0.05, 0) is 50.3 Å². The van der Waals surface area contributed by atoms with E-state index in [0.717, 1.165) is 31.2 Å². The maximum atomic E-state index is 13.0. The summed E-state index contributed by atoms with van der Waals surface area (Å²) in [5, 5.41) is 3.73. The number of carbonyl (C=O) groups excluding carboxylic acids is 2. The zero-order valence-corrected chi connectivity index (χ0v) is 16.3. The lowest BCUT2D eigenvalue weighted by molar-refractivity contribution is -0.145. The summed E-state index contributed by atoms with van der Waals surface area (Å²) in [6.07, 6.45) is 6.45. The number of esters is 1. The molecule has 1 aliphatic carbocycles. The second-order valence-corrected chi connectivity index (χ2v) is 7.87. The predicted octanol–water partition coefficient (Wildman–Crippen LogP) is 5.14. The molecule has 4 nitrogen and oxygen atoms in total. The highest BCUT2D eigenvalue weighted by molar-refractivity contribution is 6.35. The first kappa shape index (κ1) is 19.2. The number of nitrogens with one attached hydrogen (secondary N) is 1. The second kappa shape index (κ2) is 8.45. The molecule has 1 aromatic rings. The Labute approximate surface area is 163 Å². The van der Waals surface area contributed by atoms with Crippen LogP contribution in [0.2, 0.25) is 10.0 Å². The van der Waals surface area contributed by atoms with Gasteiger partial charge in [-0.15, -0.1) is 0 Å². The van der Waals surface area contributed by atoms with E-state index in [1.54, 1.807) is 25.1 Å². The number of ether oxygens (including phenoxy) is 1. The zero-order chi connectivity index (χ0) is 18.7. The first-order valence-electron chi connectivity index (χ1n) is 9.12. The minimum absolute atomic E-state index is 0.0516. The third kappa shape index (κ3) is 4.41. The van der Waals surface area contributed by atoms with Crippen molar-refractivity contribution in [2.75, 3.05) is 0 Å². The van der Waals surface area contributed by atoms with Gasteiger partial charge in [-0.25, -0.2) is 4.79 Å². The molecule has 1 heterocycles. The van der Waals surface area contributed by atoms with Gasteiger partial charge in [0, 0.05) is 28.1 Å². The summed E-state index contributed by atoms with van der Waals surface area (Å²) >= 11 is 12.3. The number of carbonyl (C=O) groups is 2. The Morgan fingerprint density at radius 3 is 2.50 bits per heavy atom. The van der Waals surface area contributed by atoms with Gasteiger partial charge in [0.1, 0.15) is 6.10 Å². The Bertz CT molecular complexity index is 737. The Balaban J connectivity index is 1.88. The van der Waals surface area contributed by atoms with E-state index in [2.05, 4.69) is 5.32 Å². The summed E-state index contributed by atoms with van der Waals surface area (Å²) < 4.78 is 5.81. The van der Waals surface area contributed by atoms with Crippen LogP contribution in [0.5, 0.6) is 0 Å². The molecule has 1 aliphatic heterocycles. The maximum Gasteiger partial charge on any atom is 0.336 e. The molecular formula is C20H23Cl2NO3. The van der Waals surface area contributed by atoms with Crippen molar-refractivity contribution in [1.82, 2.24) is 5.32 Å². The number of halogens is 2. The van der Waals surface area contributed by atoms with Crippen molar-refractivity contribution in [2.24, 2.45) is 0 Å². The van der Waals surface area contributed by atoms with Gasteiger partial charge in [-0.3, -0.25) is 4.79 Å². The Morgan fingerprint density at radius 1 is 1.15 bits per heavy atom. The number of rotatable bonds is 3. The smallest absolute Gasteiger partial charge is 0.336 e. The van der Waals surface area contributed by atoms with Crippen LogP contribution < -0.4 is 5.32 Å². The van der Waals surface area contributed by atoms with E-state index in [-0.39, 0.29) is 24.4 Å². The summed E-state index contributed by atoms with van der Waals surface area (Å²) in [7, 11) is 0. The van der Waals surface area contributed by atoms with Crippen LogP contribution >= 0.6 is 23.2 Å². The summed E-state index contributed by atoms with van der Waals surface area (Å²) in [4.78, 5) is 25.0. The standard InChI is InChI=1S/C20H23Cl2NO3/c1-12-19(20(25)26-14-6-4-2-3-5-7-14)16(11-18(24)23-12)15-9-8-13(21)10-17(15)22/h8-10,14,16H,2-7,11H2,1H3,(H,23,24)/t16-/m1/s1. The van der Waals surface area contributed by atoms with Crippen molar-refractivity contribution in [2.45, 2.75) is 63.9 Å². The molecule has 0 saturated heterocycles. The molecule has 26 heavy (non-hydrogen) atoms.